The van der Waals surface area contributed by atoms with Gasteiger partial charge in [0.2, 0.25) is 0 Å². The van der Waals surface area contributed by atoms with Gasteiger partial charge in [0, 0.05) is 22.1 Å². The zero-order chi connectivity index (χ0) is 32.0. The molecule has 3 heteroatoms. The lowest BCUT2D eigenvalue weighted by Crippen LogP contribution is -2.26. The topological polar surface area (TPSA) is 41.8 Å². The molecule has 1 N–H and O–H groups in total. The molecule has 3 nitrogen and oxygen atoms in total. The van der Waals surface area contributed by atoms with Crippen LogP contribution < -0.4 is 0 Å². The van der Waals surface area contributed by atoms with E-state index in [2.05, 4.69) is 139 Å². The Kier molecular flexibility index (Phi) is 5.57. The highest BCUT2D eigenvalue weighted by Gasteiger charge is 2.52. The monoisotopic (exact) mass is 614 g/mol. The third-order valence-electron chi connectivity index (χ3n) is 10.4. The zero-order valence-electron chi connectivity index (χ0n) is 26.4. The first-order chi connectivity index (χ1) is 23.7. The van der Waals surface area contributed by atoms with E-state index >= 15 is 0 Å². The number of aromatic nitrogens is 2. The molecule has 48 heavy (non-hydrogen) atoms. The Morgan fingerprint density at radius 3 is 2.19 bits per heavy atom. The second-order valence-electron chi connectivity index (χ2n) is 12.7. The van der Waals surface area contributed by atoms with Gasteiger partial charge in [0.05, 0.1) is 16.4 Å². The third-order valence-corrected chi connectivity index (χ3v) is 10.4. The van der Waals surface area contributed by atoms with E-state index in [-0.39, 0.29) is 0 Å². The third kappa shape index (κ3) is 3.45. The van der Waals surface area contributed by atoms with Gasteiger partial charge in [0.15, 0.2) is 0 Å². The molecule has 0 amide bonds. The minimum absolute atomic E-state index is 0.556. The highest BCUT2D eigenvalue weighted by molar-refractivity contribution is 6.07. The second-order valence-corrected chi connectivity index (χ2v) is 12.7. The van der Waals surface area contributed by atoms with Gasteiger partial charge in [-0.25, -0.2) is 4.98 Å². The Morgan fingerprint density at radius 1 is 0.667 bits per heavy atom. The van der Waals surface area contributed by atoms with Crippen molar-refractivity contribution in [3.05, 3.63) is 174 Å². The highest BCUT2D eigenvalue weighted by atomic mass is 16.3. The molecule has 0 saturated carbocycles. The maximum Gasteiger partial charge on any atom is 0.143 e. The number of nitrogens with one attached hydrogen (secondary N) is 1. The van der Waals surface area contributed by atoms with E-state index in [1.807, 2.05) is 25.1 Å². The molecule has 0 radical (unpaired) electrons. The lowest BCUT2D eigenvalue weighted by Gasteiger charge is -2.31. The minimum Gasteiger partial charge on any atom is -0.455 e. The largest absolute Gasteiger partial charge is 0.455 e. The van der Waals surface area contributed by atoms with Crippen LogP contribution in [0.3, 0.4) is 0 Å². The maximum atomic E-state index is 6.71. The van der Waals surface area contributed by atoms with Crippen molar-refractivity contribution in [3.63, 3.8) is 0 Å². The van der Waals surface area contributed by atoms with E-state index in [9.17, 15) is 0 Å². The SMILES string of the molecule is C=Cc1oc2c3c(ccc2c1/C=C\C)C1(c2cc(-c4ccccc4)ccc2-c2ccc(-c4nc5ccccc5[nH]4)cc21)c1ccccc1-3. The Morgan fingerprint density at radius 2 is 1.40 bits per heavy atom. The van der Waals surface area contributed by atoms with Crippen LogP contribution in [0.25, 0.3) is 78.9 Å². The van der Waals surface area contributed by atoms with Crippen LogP contribution in [-0.4, -0.2) is 9.97 Å². The summed E-state index contributed by atoms with van der Waals surface area (Å²) >= 11 is 0. The van der Waals surface area contributed by atoms with Gasteiger partial charge < -0.3 is 9.40 Å². The molecule has 0 fully saturated rings. The highest BCUT2D eigenvalue weighted by Crippen LogP contribution is 2.64. The van der Waals surface area contributed by atoms with Crippen LogP contribution in [0.15, 0.2) is 144 Å². The van der Waals surface area contributed by atoms with Gasteiger partial charge in [-0.05, 0) is 87.3 Å². The molecular weight excluding hydrogens is 585 g/mol. The van der Waals surface area contributed by atoms with Gasteiger partial charge in [0.1, 0.15) is 17.2 Å². The molecule has 1 unspecified atom stereocenters. The van der Waals surface area contributed by atoms with Crippen LogP contribution in [0.4, 0.5) is 0 Å². The lowest BCUT2D eigenvalue weighted by molar-refractivity contribution is 0.604. The number of imidazole rings is 1. The van der Waals surface area contributed by atoms with E-state index < -0.39 is 5.41 Å². The van der Waals surface area contributed by atoms with Crippen molar-refractivity contribution in [2.24, 2.45) is 0 Å². The standard InChI is InChI=1S/C45H30N2O/c1-3-12-32-33-23-24-36-42(43(33)48-41(32)4-2)34-15-8-9-16-35(34)45(36)37-25-28(27-13-6-5-7-14-27)19-21-30(37)31-22-20-29(26-38(31)45)44-46-39-17-10-11-18-40(39)47-44/h3-26H,2H2,1H3,(H,46,47)/b12-3-. The average Bonchev–Trinajstić information content (AvgIpc) is 3.88. The molecule has 8 aromatic rings. The predicted octanol–water partition coefficient (Wildman–Crippen LogP) is 11.7. The number of fused-ring (bicyclic) bond motifs is 13. The molecule has 2 aliphatic rings. The molecule has 226 valence electrons. The first kappa shape index (κ1) is 27.0. The van der Waals surface area contributed by atoms with E-state index in [4.69, 9.17) is 9.40 Å². The van der Waals surface area contributed by atoms with Gasteiger partial charge >= 0.3 is 0 Å². The Bertz CT molecular complexity index is 2620. The van der Waals surface area contributed by atoms with Crippen molar-refractivity contribution in [3.8, 4) is 44.8 Å². The smallest absolute Gasteiger partial charge is 0.143 e. The van der Waals surface area contributed by atoms with Crippen LogP contribution in [0.5, 0.6) is 0 Å². The summed E-state index contributed by atoms with van der Waals surface area (Å²) in [6.07, 6.45) is 6.01. The molecule has 2 aromatic heterocycles. The summed E-state index contributed by atoms with van der Waals surface area (Å²) in [7, 11) is 0. The average molecular weight is 615 g/mol. The van der Waals surface area contributed by atoms with Crippen molar-refractivity contribution in [2.45, 2.75) is 12.3 Å². The van der Waals surface area contributed by atoms with Gasteiger partial charge in [-0.2, -0.15) is 0 Å². The zero-order valence-corrected chi connectivity index (χ0v) is 26.4. The first-order valence-electron chi connectivity index (χ1n) is 16.5. The Labute approximate surface area is 278 Å². The Hall–Kier alpha value is -6.19. The van der Waals surface area contributed by atoms with Crippen molar-refractivity contribution in [1.82, 2.24) is 9.97 Å². The lowest BCUT2D eigenvalue weighted by atomic mass is 9.70. The molecule has 1 spiro atoms. The van der Waals surface area contributed by atoms with E-state index in [0.717, 1.165) is 50.3 Å². The second kappa shape index (κ2) is 9.90. The quantitative estimate of drug-likeness (QED) is 0.214. The normalized spacial score (nSPS) is 15.7. The van der Waals surface area contributed by atoms with E-state index in [1.54, 1.807) is 0 Å². The van der Waals surface area contributed by atoms with E-state index in [0.29, 0.717) is 0 Å². The van der Waals surface area contributed by atoms with Crippen LogP contribution in [-0.2, 0) is 5.41 Å². The van der Waals surface area contributed by atoms with Gasteiger partial charge in [-0.15, -0.1) is 0 Å². The van der Waals surface area contributed by atoms with Crippen molar-refractivity contribution >= 4 is 34.2 Å². The molecule has 1 atom stereocenters. The van der Waals surface area contributed by atoms with Crippen molar-refractivity contribution in [2.75, 3.05) is 0 Å². The van der Waals surface area contributed by atoms with Crippen molar-refractivity contribution < 1.29 is 4.42 Å². The van der Waals surface area contributed by atoms with Gasteiger partial charge in [-0.3, -0.25) is 0 Å². The van der Waals surface area contributed by atoms with E-state index in [1.165, 1.54) is 50.1 Å². The molecule has 10 rings (SSSR count). The number of furan rings is 1. The first-order valence-corrected chi connectivity index (χ1v) is 16.5. The number of hydrogen-bond donors (Lipinski definition) is 1. The molecule has 0 bridgehead atoms. The summed E-state index contributed by atoms with van der Waals surface area (Å²) in [5, 5.41) is 1.10. The number of rotatable bonds is 4. The molecule has 0 saturated heterocycles. The molecule has 0 aliphatic heterocycles. The molecule has 2 heterocycles. The summed E-state index contributed by atoms with van der Waals surface area (Å²) in [6, 6.07) is 46.3. The summed E-state index contributed by atoms with van der Waals surface area (Å²) in [4.78, 5) is 8.59. The molecule has 2 aliphatic carbocycles. The number of para-hydroxylation sites is 2. The Balaban J connectivity index is 1.33. The summed E-state index contributed by atoms with van der Waals surface area (Å²) in [6.45, 7) is 6.13. The van der Waals surface area contributed by atoms with Crippen LogP contribution in [0.2, 0.25) is 0 Å². The number of aromatic amines is 1. The van der Waals surface area contributed by atoms with Gasteiger partial charge in [0.25, 0.3) is 0 Å². The number of hydrogen-bond acceptors (Lipinski definition) is 2. The maximum absolute atomic E-state index is 6.71. The van der Waals surface area contributed by atoms with Crippen molar-refractivity contribution in [1.29, 1.82) is 0 Å². The minimum atomic E-state index is -0.556. The number of nitrogens with zero attached hydrogens (tertiary/aromatic N) is 1. The summed E-state index contributed by atoms with van der Waals surface area (Å²) in [5.41, 5.74) is 16.8. The molecule has 6 aromatic carbocycles. The number of H-pyrrole nitrogens is 1. The van der Waals surface area contributed by atoms with Crippen LogP contribution in [0, 0.1) is 0 Å². The number of benzene rings is 6. The summed E-state index contributed by atoms with van der Waals surface area (Å²) < 4.78 is 6.71. The van der Waals surface area contributed by atoms with Crippen LogP contribution in [0.1, 0.15) is 40.5 Å². The van der Waals surface area contributed by atoms with Crippen LogP contribution >= 0.6 is 0 Å². The summed E-state index contributed by atoms with van der Waals surface area (Å²) in [5.74, 6) is 1.66. The number of allylic oxidation sites excluding steroid dienone is 1. The predicted molar refractivity (Wildman–Crippen MR) is 198 cm³/mol. The fourth-order valence-corrected chi connectivity index (χ4v) is 8.39. The fraction of sp³-hybridized carbons (Fsp3) is 0.0444. The van der Waals surface area contributed by atoms with Gasteiger partial charge in [-0.1, -0.05) is 122 Å². The molecular formula is C45H30N2O. The fourth-order valence-electron chi connectivity index (χ4n) is 8.39.